The van der Waals surface area contributed by atoms with Crippen molar-refractivity contribution in [2.45, 2.75) is 20.3 Å². The zero-order valence-corrected chi connectivity index (χ0v) is 15.8. The predicted molar refractivity (Wildman–Crippen MR) is 106 cm³/mol. The van der Waals surface area contributed by atoms with E-state index in [0.29, 0.717) is 24.0 Å². The van der Waals surface area contributed by atoms with Gasteiger partial charge in [-0.3, -0.25) is 14.8 Å². The van der Waals surface area contributed by atoms with Crippen LogP contribution in [-0.2, 0) is 6.42 Å². The molecule has 0 saturated carbocycles. The monoisotopic (exact) mass is 372 g/mol. The van der Waals surface area contributed by atoms with E-state index in [9.17, 15) is 4.79 Å². The summed E-state index contributed by atoms with van der Waals surface area (Å²) in [6.07, 6.45) is 5.70. The van der Waals surface area contributed by atoms with Crippen molar-refractivity contribution < 1.29 is 4.79 Å². The molecule has 0 spiro atoms. The topological polar surface area (TPSA) is 85.6 Å². The predicted octanol–water partition coefficient (Wildman–Crippen LogP) is 2.80. The van der Waals surface area contributed by atoms with Crippen molar-refractivity contribution in [1.82, 2.24) is 30.0 Å². The number of nitrogens with zero attached hydrogens (tertiary/aromatic N) is 5. The fourth-order valence-electron chi connectivity index (χ4n) is 3.25. The molecule has 0 aliphatic heterocycles. The second kappa shape index (κ2) is 7.56. The van der Waals surface area contributed by atoms with E-state index in [0.717, 1.165) is 28.3 Å². The molecule has 0 aliphatic carbocycles. The first kappa shape index (κ1) is 17.8. The number of fused-ring (bicyclic) bond motifs is 1. The maximum absolute atomic E-state index is 12.5. The highest BCUT2D eigenvalue weighted by atomic mass is 16.1. The summed E-state index contributed by atoms with van der Waals surface area (Å²) < 4.78 is 1.84. The van der Waals surface area contributed by atoms with Crippen molar-refractivity contribution in [1.29, 1.82) is 0 Å². The van der Waals surface area contributed by atoms with Crippen LogP contribution in [0.2, 0.25) is 0 Å². The first-order valence-electron chi connectivity index (χ1n) is 9.09. The molecule has 1 aromatic carbocycles. The number of amides is 1. The molecule has 0 fully saturated rings. The Balaban J connectivity index is 1.45. The van der Waals surface area contributed by atoms with Gasteiger partial charge in [0.25, 0.3) is 5.91 Å². The van der Waals surface area contributed by atoms with Gasteiger partial charge in [0.1, 0.15) is 0 Å². The molecule has 4 aromatic rings. The van der Waals surface area contributed by atoms with Crippen LogP contribution >= 0.6 is 0 Å². The average Bonchev–Trinajstić information content (AvgIpc) is 3.02. The highest BCUT2D eigenvalue weighted by molar-refractivity contribution is 5.97. The minimum absolute atomic E-state index is 0.125. The molecule has 0 unspecified atom stereocenters. The number of rotatable bonds is 5. The number of nitrogens with one attached hydrogen (secondary N) is 1. The van der Waals surface area contributed by atoms with E-state index >= 15 is 0 Å². The molecule has 3 heterocycles. The Labute approximate surface area is 162 Å². The number of carbonyl (C=O) groups excluding carboxylic acids is 1. The normalized spacial score (nSPS) is 10.9. The second-order valence-electron chi connectivity index (χ2n) is 6.51. The highest BCUT2D eigenvalue weighted by Crippen LogP contribution is 2.17. The summed E-state index contributed by atoms with van der Waals surface area (Å²) in [6, 6.07) is 11.1. The Morgan fingerprint density at radius 2 is 1.82 bits per heavy atom. The molecule has 3 aromatic heterocycles. The molecule has 0 saturated heterocycles. The molecule has 1 amide bonds. The van der Waals surface area contributed by atoms with Crippen LogP contribution in [-0.4, -0.2) is 37.2 Å². The first-order valence-corrected chi connectivity index (χ1v) is 9.09. The van der Waals surface area contributed by atoms with Crippen LogP contribution in [0.5, 0.6) is 0 Å². The summed E-state index contributed by atoms with van der Waals surface area (Å²) in [4.78, 5) is 25.3. The summed E-state index contributed by atoms with van der Waals surface area (Å²) in [5, 5.41) is 7.57. The van der Waals surface area contributed by atoms with Crippen LogP contribution in [0, 0.1) is 13.8 Å². The minimum atomic E-state index is -0.125. The van der Waals surface area contributed by atoms with E-state index in [1.807, 2.05) is 42.8 Å². The number of hydrogen-bond acceptors (Lipinski definition) is 5. The average molecular weight is 372 g/mol. The number of carbonyl (C=O) groups is 1. The lowest BCUT2D eigenvalue weighted by molar-refractivity contribution is 0.0954. The van der Waals surface area contributed by atoms with Crippen molar-refractivity contribution in [3.8, 4) is 5.82 Å². The Kier molecular flexibility index (Phi) is 4.80. The molecule has 0 aliphatic rings. The molecule has 0 bridgehead atoms. The van der Waals surface area contributed by atoms with Crippen molar-refractivity contribution in [3.05, 3.63) is 77.5 Å². The van der Waals surface area contributed by atoms with Gasteiger partial charge < -0.3 is 5.32 Å². The summed E-state index contributed by atoms with van der Waals surface area (Å²) in [5.74, 6) is 0.663. The fraction of sp³-hybridized carbons (Fsp3) is 0.190. The van der Waals surface area contributed by atoms with Crippen LogP contribution in [0.15, 0.2) is 55.0 Å². The van der Waals surface area contributed by atoms with Gasteiger partial charge >= 0.3 is 0 Å². The largest absolute Gasteiger partial charge is 0.352 e. The van der Waals surface area contributed by atoms with Gasteiger partial charge in [-0.15, -0.1) is 0 Å². The van der Waals surface area contributed by atoms with E-state index in [4.69, 9.17) is 0 Å². The maximum Gasteiger partial charge on any atom is 0.251 e. The van der Waals surface area contributed by atoms with Crippen LogP contribution in [0.3, 0.4) is 0 Å². The number of pyridine rings is 1. The lowest BCUT2D eigenvalue weighted by atomic mass is 10.1. The van der Waals surface area contributed by atoms with Crippen molar-refractivity contribution in [2.75, 3.05) is 6.54 Å². The lowest BCUT2D eigenvalue weighted by Gasteiger charge is -2.07. The van der Waals surface area contributed by atoms with Gasteiger partial charge in [0, 0.05) is 36.4 Å². The van der Waals surface area contributed by atoms with Gasteiger partial charge in [-0.25, -0.2) is 9.67 Å². The van der Waals surface area contributed by atoms with E-state index in [1.165, 1.54) is 0 Å². The maximum atomic E-state index is 12.5. The SMILES string of the molecule is Cc1nn(-c2ccccn2)c(C)c1CCNC(=O)c1ccc2nccnc2c1. The zero-order valence-electron chi connectivity index (χ0n) is 15.8. The van der Waals surface area contributed by atoms with E-state index in [-0.39, 0.29) is 5.91 Å². The van der Waals surface area contributed by atoms with E-state index < -0.39 is 0 Å². The molecule has 140 valence electrons. The Morgan fingerprint density at radius 3 is 2.61 bits per heavy atom. The third kappa shape index (κ3) is 3.46. The van der Waals surface area contributed by atoms with Crippen LogP contribution in [0.4, 0.5) is 0 Å². The number of aromatic nitrogens is 5. The Hall–Kier alpha value is -3.61. The second-order valence-corrected chi connectivity index (χ2v) is 6.51. The summed E-state index contributed by atoms with van der Waals surface area (Å²) in [7, 11) is 0. The molecule has 0 radical (unpaired) electrons. The van der Waals surface area contributed by atoms with Crippen LogP contribution in [0.1, 0.15) is 27.3 Å². The summed E-state index contributed by atoms with van der Waals surface area (Å²) in [6.45, 7) is 4.52. The lowest BCUT2D eigenvalue weighted by Crippen LogP contribution is -2.26. The molecule has 7 heteroatoms. The molecule has 4 rings (SSSR count). The van der Waals surface area contributed by atoms with Gasteiger partial charge in [-0.05, 0) is 56.2 Å². The molecule has 1 N–H and O–H groups in total. The Bertz CT molecular complexity index is 1140. The molecule has 0 atom stereocenters. The van der Waals surface area contributed by atoms with E-state index in [2.05, 4.69) is 25.4 Å². The Morgan fingerprint density at radius 1 is 1.00 bits per heavy atom. The third-order valence-electron chi connectivity index (χ3n) is 4.70. The van der Waals surface area contributed by atoms with Crippen molar-refractivity contribution >= 4 is 16.9 Å². The molecular weight excluding hydrogens is 352 g/mol. The smallest absolute Gasteiger partial charge is 0.251 e. The van der Waals surface area contributed by atoms with Crippen molar-refractivity contribution in [3.63, 3.8) is 0 Å². The first-order chi connectivity index (χ1) is 13.6. The molecular formula is C21H20N6O. The third-order valence-corrected chi connectivity index (χ3v) is 4.70. The van der Waals surface area contributed by atoms with Gasteiger partial charge in [0.2, 0.25) is 0 Å². The van der Waals surface area contributed by atoms with Gasteiger partial charge in [-0.2, -0.15) is 5.10 Å². The number of aryl methyl sites for hydroxylation is 1. The highest BCUT2D eigenvalue weighted by Gasteiger charge is 2.14. The summed E-state index contributed by atoms with van der Waals surface area (Å²) >= 11 is 0. The number of hydrogen-bond donors (Lipinski definition) is 1. The summed E-state index contributed by atoms with van der Waals surface area (Å²) in [5.41, 5.74) is 5.15. The van der Waals surface area contributed by atoms with Crippen LogP contribution < -0.4 is 5.32 Å². The molecule has 28 heavy (non-hydrogen) atoms. The van der Waals surface area contributed by atoms with Gasteiger partial charge in [0.15, 0.2) is 5.82 Å². The van der Waals surface area contributed by atoms with E-state index in [1.54, 1.807) is 30.7 Å². The molecule has 7 nitrogen and oxygen atoms in total. The minimum Gasteiger partial charge on any atom is -0.352 e. The zero-order chi connectivity index (χ0) is 19.5. The quantitative estimate of drug-likeness (QED) is 0.582. The van der Waals surface area contributed by atoms with Gasteiger partial charge in [-0.1, -0.05) is 6.07 Å². The van der Waals surface area contributed by atoms with Gasteiger partial charge in [0.05, 0.1) is 16.7 Å². The van der Waals surface area contributed by atoms with Crippen molar-refractivity contribution in [2.24, 2.45) is 0 Å². The number of benzene rings is 1. The van der Waals surface area contributed by atoms with Crippen LogP contribution in [0.25, 0.3) is 16.9 Å². The fourth-order valence-corrected chi connectivity index (χ4v) is 3.25. The standard InChI is InChI=1S/C21H20N6O/c1-14-17(15(2)27(26-14)20-5-3-4-9-24-20)8-10-25-21(28)16-6-7-18-19(13-16)23-12-11-22-18/h3-7,9,11-13H,8,10H2,1-2H3,(H,25,28).